The van der Waals surface area contributed by atoms with Gasteiger partial charge in [-0.15, -0.1) is 0 Å². The van der Waals surface area contributed by atoms with Crippen LogP contribution >= 0.6 is 0 Å². The molecule has 0 aromatic carbocycles. The van der Waals surface area contributed by atoms with E-state index >= 15 is 0 Å². The lowest BCUT2D eigenvalue weighted by Gasteiger charge is -2.34. The van der Waals surface area contributed by atoms with Gasteiger partial charge >= 0.3 is 0 Å². The number of carbonyl (C=O) groups is 1. The maximum absolute atomic E-state index is 12.9. The standard InChI is InChI=1S/C21H32O2Si/c1-7-24(8-2,9-3)23-13-18-14(4)12-17-19(18)15(5)21(10-11-21)16(6)20(17)22/h12,16H,7-11,13H2,1-6H3/t16-/m1/s1. The van der Waals surface area contributed by atoms with Gasteiger partial charge in [-0.2, -0.15) is 0 Å². The molecule has 0 amide bonds. The topological polar surface area (TPSA) is 26.3 Å². The van der Waals surface area contributed by atoms with Crippen molar-refractivity contribution in [2.75, 3.05) is 6.61 Å². The Bertz CT molecular complexity index is 649. The lowest BCUT2D eigenvalue weighted by molar-refractivity contribution is -0.120. The fourth-order valence-corrected chi connectivity index (χ4v) is 7.39. The summed E-state index contributed by atoms with van der Waals surface area (Å²) in [6, 6.07) is 3.51. The van der Waals surface area contributed by atoms with Gasteiger partial charge in [0, 0.05) is 16.9 Å². The molecule has 0 aromatic rings. The third-order valence-corrected chi connectivity index (χ3v) is 11.9. The summed E-state index contributed by atoms with van der Waals surface area (Å²) in [5.41, 5.74) is 6.36. The summed E-state index contributed by atoms with van der Waals surface area (Å²) in [6.07, 6.45) is 4.47. The zero-order valence-electron chi connectivity index (χ0n) is 16.2. The summed E-state index contributed by atoms with van der Waals surface area (Å²) in [6.45, 7) is 14.1. The second kappa shape index (κ2) is 6.10. The highest BCUT2D eigenvalue weighted by Gasteiger charge is 2.56. The molecular formula is C21H32O2Si. The van der Waals surface area contributed by atoms with Crippen LogP contribution in [0.3, 0.4) is 0 Å². The van der Waals surface area contributed by atoms with E-state index in [1.807, 2.05) is 0 Å². The number of carbonyl (C=O) groups excluding carboxylic acids is 1. The number of Topliss-reactive ketones (excluding diaryl/α,β-unsaturated/α-hetero) is 1. The molecule has 3 heteroatoms. The predicted octanol–water partition coefficient (Wildman–Crippen LogP) is 5.58. The molecule has 2 nitrogen and oxygen atoms in total. The molecule has 1 fully saturated rings. The minimum atomic E-state index is -1.61. The molecule has 0 saturated heterocycles. The maximum Gasteiger partial charge on any atom is 0.192 e. The zero-order chi connectivity index (χ0) is 17.7. The molecule has 0 heterocycles. The third-order valence-electron chi connectivity index (χ3n) is 7.26. The summed E-state index contributed by atoms with van der Waals surface area (Å²) < 4.78 is 6.58. The van der Waals surface area contributed by atoms with Crippen LogP contribution in [0.25, 0.3) is 0 Å². The number of rotatable bonds is 6. The Morgan fingerprint density at radius 2 is 1.75 bits per heavy atom. The van der Waals surface area contributed by atoms with Crippen molar-refractivity contribution in [2.45, 2.75) is 72.5 Å². The average molecular weight is 345 g/mol. The van der Waals surface area contributed by atoms with Gasteiger partial charge in [0.25, 0.3) is 0 Å². The molecule has 1 saturated carbocycles. The van der Waals surface area contributed by atoms with Crippen LogP contribution in [0.5, 0.6) is 0 Å². The van der Waals surface area contributed by atoms with Gasteiger partial charge in [-0.05, 0) is 67.6 Å². The summed E-state index contributed by atoms with van der Waals surface area (Å²) in [5, 5.41) is 0. The predicted molar refractivity (Wildman–Crippen MR) is 102 cm³/mol. The molecule has 0 bridgehead atoms. The third kappa shape index (κ3) is 2.43. The zero-order valence-corrected chi connectivity index (χ0v) is 17.2. The van der Waals surface area contributed by atoms with Gasteiger partial charge < -0.3 is 4.43 Å². The van der Waals surface area contributed by atoms with E-state index in [-0.39, 0.29) is 11.3 Å². The highest BCUT2D eigenvalue weighted by atomic mass is 28.4. The molecule has 0 radical (unpaired) electrons. The lowest BCUT2D eigenvalue weighted by atomic mass is 9.70. The van der Waals surface area contributed by atoms with E-state index in [1.165, 1.54) is 53.3 Å². The van der Waals surface area contributed by atoms with Crippen LogP contribution in [0.2, 0.25) is 18.1 Å². The van der Waals surface area contributed by atoms with E-state index in [0.717, 1.165) is 5.57 Å². The van der Waals surface area contributed by atoms with Crippen LogP contribution in [0, 0.1) is 11.3 Å². The van der Waals surface area contributed by atoms with Gasteiger partial charge in [-0.25, -0.2) is 0 Å². The normalized spacial score (nSPS) is 25.5. The molecule has 1 atom stereocenters. The Balaban J connectivity index is 1.92. The van der Waals surface area contributed by atoms with Crippen molar-refractivity contribution in [1.82, 2.24) is 0 Å². The molecule has 3 rings (SSSR count). The lowest BCUT2D eigenvalue weighted by Crippen LogP contribution is -2.37. The van der Waals surface area contributed by atoms with E-state index in [4.69, 9.17) is 4.43 Å². The Morgan fingerprint density at radius 1 is 1.17 bits per heavy atom. The molecule has 0 aliphatic heterocycles. The summed E-state index contributed by atoms with van der Waals surface area (Å²) >= 11 is 0. The number of fused-ring (bicyclic) bond motifs is 1. The smallest absolute Gasteiger partial charge is 0.192 e. The van der Waals surface area contributed by atoms with Crippen LogP contribution in [0.1, 0.15) is 54.4 Å². The highest BCUT2D eigenvalue weighted by Crippen LogP contribution is 2.63. The van der Waals surface area contributed by atoms with Crippen molar-refractivity contribution in [3.8, 4) is 0 Å². The van der Waals surface area contributed by atoms with E-state index < -0.39 is 8.32 Å². The first kappa shape index (κ1) is 17.9. The van der Waals surface area contributed by atoms with E-state index in [9.17, 15) is 4.79 Å². The van der Waals surface area contributed by atoms with E-state index in [2.05, 4.69) is 47.6 Å². The van der Waals surface area contributed by atoms with Crippen LogP contribution < -0.4 is 0 Å². The van der Waals surface area contributed by atoms with Crippen molar-refractivity contribution < 1.29 is 9.22 Å². The first-order chi connectivity index (χ1) is 11.4. The molecule has 3 aliphatic rings. The van der Waals surface area contributed by atoms with Crippen molar-refractivity contribution in [2.24, 2.45) is 11.3 Å². The minimum Gasteiger partial charge on any atom is -0.413 e. The van der Waals surface area contributed by atoms with Gasteiger partial charge in [0.05, 0.1) is 6.61 Å². The van der Waals surface area contributed by atoms with Crippen molar-refractivity contribution in [1.29, 1.82) is 0 Å². The number of ketones is 1. The van der Waals surface area contributed by atoms with Crippen LogP contribution in [0.4, 0.5) is 0 Å². The number of hydrogen-bond donors (Lipinski definition) is 0. The largest absolute Gasteiger partial charge is 0.413 e. The van der Waals surface area contributed by atoms with Gasteiger partial charge in [-0.1, -0.05) is 33.3 Å². The van der Waals surface area contributed by atoms with Gasteiger partial charge in [0.2, 0.25) is 0 Å². The molecular weight excluding hydrogens is 312 g/mol. The van der Waals surface area contributed by atoms with Crippen LogP contribution in [0.15, 0.2) is 33.9 Å². The van der Waals surface area contributed by atoms with Crippen molar-refractivity contribution in [3.05, 3.63) is 33.9 Å². The van der Waals surface area contributed by atoms with Crippen LogP contribution in [-0.2, 0) is 9.22 Å². The van der Waals surface area contributed by atoms with Crippen molar-refractivity contribution in [3.63, 3.8) is 0 Å². The average Bonchev–Trinajstić information content (AvgIpc) is 3.33. The maximum atomic E-state index is 12.9. The SMILES string of the molecule is CC[Si](CC)(CC)OCC1=C(C)C=C2C(=O)[C@@H](C)C3(CC3)C(C)=C21. The quantitative estimate of drug-likeness (QED) is 0.588. The Hall–Kier alpha value is -0.933. The minimum absolute atomic E-state index is 0.149. The van der Waals surface area contributed by atoms with Crippen LogP contribution in [-0.4, -0.2) is 20.7 Å². The second-order valence-electron chi connectivity index (χ2n) is 7.99. The molecule has 0 N–H and O–H groups in total. The van der Waals surface area contributed by atoms with Crippen molar-refractivity contribution >= 4 is 14.1 Å². The molecule has 0 aromatic heterocycles. The molecule has 132 valence electrons. The second-order valence-corrected chi connectivity index (χ2v) is 12.8. The Morgan fingerprint density at radius 3 is 2.25 bits per heavy atom. The summed E-state index contributed by atoms with van der Waals surface area (Å²) in [7, 11) is -1.61. The van der Waals surface area contributed by atoms with E-state index in [0.29, 0.717) is 12.4 Å². The first-order valence-corrected chi connectivity index (χ1v) is 12.2. The summed E-state index contributed by atoms with van der Waals surface area (Å²) in [5.74, 6) is 0.503. The molecule has 0 unspecified atom stereocenters. The Kier molecular flexibility index (Phi) is 4.54. The Labute approximate surface area is 148 Å². The fourth-order valence-electron chi connectivity index (χ4n) is 4.83. The fraction of sp³-hybridized carbons (Fsp3) is 0.667. The molecule has 3 aliphatic carbocycles. The summed E-state index contributed by atoms with van der Waals surface area (Å²) in [4.78, 5) is 12.9. The number of hydrogen-bond acceptors (Lipinski definition) is 2. The monoisotopic (exact) mass is 344 g/mol. The van der Waals surface area contributed by atoms with Gasteiger partial charge in [0.15, 0.2) is 14.1 Å². The number of allylic oxidation sites excluding steroid dienone is 4. The molecule has 1 spiro atoms. The van der Waals surface area contributed by atoms with Gasteiger partial charge in [0.1, 0.15) is 0 Å². The van der Waals surface area contributed by atoms with E-state index in [1.54, 1.807) is 0 Å². The highest BCUT2D eigenvalue weighted by molar-refractivity contribution is 6.73. The van der Waals surface area contributed by atoms with Gasteiger partial charge in [-0.3, -0.25) is 4.79 Å². The molecule has 24 heavy (non-hydrogen) atoms. The first-order valence-electron chi connectivity index (χ1n) is 9.67.